The molecule has 0 bridgehead atoms. The molecule has 5 nitrogen and oxygen atoms in total. The molecule has 2 aromatic heterocycles. The van der Waals surface area contributed by atoms with E-state index in [0.29, 0.717) is 22.8 Å². The van der Waals surface area contributed by atoms with Crippen molar-refractivity contribution >= 4 is 11.8 Å². The molecule has 2 heterocycles. The molecular weight excluding hydrogens is 350 g/mol. The van der Waals surface area contributed by atoms with Crippen molar-refractivity contribution in [3.05, 3.63) is 113 Å². The van der Waals surface area contributed by atoms with Gasteiger partial charge in [0.25, 0.3) is 5.56 Å². The molecule has 28 heavy (non-hydrogen) atoms. The van der Waals surface area contributed by atoms with Gasteiger partial charge in [-0.3, -0.25) is 14.3 Å². The average molecular weight is 367 g/mol. The van der Waals surface area contributed by atoms with E-state index in [4.69, 9.17) is 0 Å². The fourth-order valence-corrected chi connectivity index (χ4v) is 2.92. The highest BCUT2D eigenvalue weighted by Gasteiger charge is 2.12. The van der Waals surface area contributed by atoms with Gasteiger partial charge in [0, 0.05) is 35.7 Å². The highest BCUT2D eigenvalue weighted by molar-refractivity contribution is 5.75. The van der Waals surface area contributed by atoms with Crippen LogP contribution in [0.3, 0.4) is 0 Å². The van der Waals surface area contributed by atoms with Crippen molar-refractivity contribution in [2.75, 3.05) is 0 Å². The number of nitrogens with zero attached hydrogens (tertiary/aromatic N) is 3. The molecule has 5 heteroatoms. The Kier molecular flexibility index (Phi) is 4.80. The topological polar surface area (TPSA) is 68.0 Å². The Balaban J connectivity index is 1.93. The fraction of sp³-hybridized carbons (Fsp3) is 0. The molecule has 1 N–H and O–H groups in total. The van der Waals surface area contributed by atoms with Crippen LogP contribution in [0.1, 0.15) is 11.4 Å². The van der Waals surface area contributed by atoms with Gasteiger partial charge in [-0.1, -0.05) is 48.5 Å². The summed E-state index contributed by atoms with van der Waals surface area (Å²) < 4.78 is 1.48. The number of aliphatic hydroxyl groups is 1. The van der Waals surface area contributed by atoms with Crippen LogP contribution in [0.25, 0.3) is 28.8 Å². The number of hydrogen-bond acceptors (Lipinski definition) is 4. The minimum Gasteiger partial charge on any atom is -0.507 e. The van der Waals surface area contributed by atoms with E-state index < -0.39 is 0 Å². The number of hydrogen-bond donors (Lipinski definition) is 1. The van der Waals surface area contributed by atoms with Crippen molar-refractivity contribution < 1.29 is 5.11 Å². The van der Waals surface area contributed by atoms with Crippen LogP contribution in [-0.4, -0.2) is 19.6 Å². The largest absolute Gasteiger partial charge is 0.507 e. The highest BCUT2D eigenvalue weighted by Crippen LogP contribution is 2.20. The van der Waals surface area contributed by atoms with Gasteiger partial charge in [-0.25, -0.2) is 4.98 Å². The van der Waals surface area contributed by atoms with Gasteiger partial charge in [-0.2, -0.15) is 0 Å². The summed E-state index contributed by atoms with van der Waals surface area (Å²) in [7, 11) is 0. The van der Waals surface area contributed by atoms with Crippen molar-refractivity contribution in [2.24, 2.45) is 0 Å². The minimum atomic E-state index is -0.228. The van der Waals surface area contributed by atoms with Crippen LogP contribution in [0.2, 0.25) is 0 Å². The summed E-state index contributed by atoms with van der Waals surface area (Å²) in [4.78, 5) is 21.6. The van der Waals surface area contributed by atoms with Crippen LogP contribution in [0, 0.1) is 0 Å². The molecule has 0 aliphatic carbocycles. The zero-order valence-electron chi connectivity index (χ0n) is 14.9. The molecule has 2 aromatic carbocycles. The number of pyridine rings is 1. The minimum absolute atomic E-state index is 0.00388. The molecule has 136 valence electrons. The third-order valence-electron chi connectivity index (χ3n) is 4.27. The van der Waals surface area contributed by atoms with Crippen molar-refractivity contribution in [1.82, 2.24) is 14.5 Å². The zero-order valence-corrected chi connectivity index (χ0v) is 14.9. The number of para-hydroxylation sites is 1. The summed E-state index contributed by atoms with van der Waals surface area (Å²) in [5, 5.41) is 10.6. The maximum Gasteiger partial charge on any atom is 0.258 e. The smallest absolute Gasteiger partial charge is 0.258 e. The summed E-state index contributed by atoms with van der Waals surface area (Å²) >= 11 is 0. The summed E-state index contributed by atoms with van der Waals surface area (Å²) in [6.45, 7) is 0. The van der Waals surface area contributed by atoms with E-state index >= 15 is 0 Å². The Morgan fingerprint density at radius 3 is 2.21 bits per heavy atom. The van der Waals surface area contributed by atoms with Gasteiger partial charge in [0.1, 0.15) is 11.6 Å². The SMILES string of the molecule is O=c1cc(-c2ccccc2)nc(/C=C(/O)c2ccncc2)n1-c1ccccc1. The van der Waals surface area contributed by atoms with E-state index in [2.05, 4.69) is 9.97 Å². The van der Waals surface area contributed by atoms with Crippen LogP contribution < -0.4 is 5.56 Å². The summed E-state index contributed by atoms with van der Waals surface area (Å²) in [5.74, 6) is 0.344. The van der Waals surface area contributed by atoms with Gasteiger partial charge in [-0.05, 0) is 24.3 Å². The first-order valence-electron chi connectivity index (χ1n) is 8.78. The molecule has 0 unspecified atom stereocenters. The van der Waals surface area contributed by atoms with Crippen LogP contribution >= 0.6 is 0 Å². The normalized spacial score (nSPS) is 11.4. The monoisotopic (exact) mass is 367 g/mol. The van der Waals surface area contributed by atoms with Crippen LogP contribution in [-0.2, 0) is 0 Å². The maximum atomic E-state index is 13.0. The Morgan fingerprint density at radius 1 is 0.893 bits per heavy atom. The first-order valence-corrected chi connectivity index (χ1v) is 8.78. The molecule has 0 aliphatic heterocycles. The fourth-order valence-electron chi connectivity index (χ4n) is 2.92. The number of rotatable bonds is 4. The second-order valence-electron chi connectivity index (χ2n) is 6.14. The Labute approximate surface area is 161 Å². The maximum absolute atomic E-state index is 13.0. The third kappa shape index (κ3) is 3.59. The van der Waals surface area contributed by atoms with E-state index in [1.165, 1.54) is 16.7 Å². The molecule has 4 rings (SSSR count). The van der Waals surface area contributed by atoms with Crippen molar-refractivity contribution in [3.8, 4) is 16.9 Å². The van der Waals surface area contributed by atoms with Gasteiger partial charge in [0.15, 0.2) is 0 Å². The lowest BCUT2D eigenvalue weighted by atomic mass is 10.1. The Bertz CT molecular complexity index is 1170. The van der Waals surface area contributed by atoms with E-state index in [1.807, 2.05) is 60.7 Å². The van der Waals surface area contributed by atoms with Crippen LogP contribution in [0.4, 0.5) is 0 Å². The Morgan fingerprint density at radius 2 is 1.54 bits per heavy atom. The predicted octanol–water partition coefficient (Wildman–Crippen LogP) is 4.35. The molecule has 4 aromatic rings. The quantitative estimate of drug-likeness (QED) is 0.545. The van der Waals surface area contributed by atoms with E-state index in [-0.39, 0.29) is 11.3 Å². The molecular formula is C23H17N3O2. The standard InChI is InChI=1S/C23H17N3O2/c27-21(18-11-13-24-14-12-18)16-22-25-20(17-7-3-1-4-8-17)15-23(28)26(22)19-9-5-2-6-10-19/h1-16,27H/b21-16+. The lowest BCUT2D eigenvalue weighted by molar-refractivity contribution is 0.515. The highest BCUT2D eigenvalue weighted by atomic mass is 16.3. The lowest BCUT2D eigenvalue weighted by Gasteiger charge is -2.12. The molecule has 0 saturated carbocycles. The second kappa shape index (κ2) is 7.72. The molecule has 0 saturated heterocycles. The summed E-state index contributed by atoms with van der Waals surface area (Å²) in [6, 6.07) is 23.6. The molecule has 0 aliphatic rings. The molecule has 0 atom stereocenters. The molecule has 0 spiro atoms. The molecule has 0 fully saturated rings. The number of aromatic nitrogens is 3. The third-order valence-corrected chi connectivity index (χ3v) is 4.27. The van der Waals surface area contributed by atoms with Crippen molar-refractivity contribution in [3.63, 3.8) is 0 Å². The Hall–Kier alpha value is -3.99. The first-order chi connectivity index (χ1) is 13.7. The predicted molar refractivity (Wildman–Crippen MR) is 110 cm³/mol. The second-order valence-corrected chi connectivity index (χ2v) is 6.14. The van der Waals surface area contributed by atoms with Crippen LogP contribution in [0.15, 0.2) is 96.1 Å². The summed E-state index contributed by atoms with van der Waals surface area (Å²) in [6.07, 6.45) is 4.69. The van der Waals surface area contributed by atoms with Gasteiger partial charge < -0.3 is 5.11 Å². The molecule has 0 radical (unpaired) electrons. The average Bonchev–Trinajstić information content (AvgIpc) is 2.75. The summed E-state index contributed by atoms with van der Waals surface area (Å²) in [5.41, 5.74) is 2.42. The van der Waals surface area contributed by atoms with Crippen molar-refractivity contribution in [1.29, 1.82) is 0 Å². The van der Waals surface area contributed by atoms with Crippen LogP contribution in [0.5, 0.6) is 0 Å². The van der Waals surface area contributed by atoms with Gasteiger partial charge in [0.2, 0.25) is 0 Å². The number of benzene rings is 2. The first kappa shape index (κ1) is 17.4. The van der Waals surface area contributed by atoms with E-state index in [9.17, 15) is 9.90 Å². The van der Waals surface area contributed by atoms with Gasteiger partial charge in [0.05, 0.1) is 11.4 Å². The van der Waals surface area contributed by atoms with Crippen molar-refractivity contribution in [2.45, 2.75) is 0 Å². The van der Waals surface area contributed by atoms with Gasteiger partial charge in [-0.15, -0.1) is 0 Å². The molecule has 0 amide bonds. The lowest BCUT2D eigenvalue weighted by Crippen LogP contribution is -2.21. The number of aliphatic hydroxyl groups excluding tert-OH is 1. The zero-order chi connectivity index (χ0) is 19.3. The van der Waals surface area contributed by atoms with E-state index in [0.717, 1.165) is 5.56 Å². The van der Waals surface area contributed by atoms with E-state index in [1.54, 1.807) is 24.5 Å². The van der Waals surface area contributed by atoms with Gasteiger partial charge >= 0.3 is 0 Å².